The minimum Gasteiger partial charge on any atom is -0.497 e. The fourth-order valence-electron chi connectivity index (χ4n) is 8.29. The molecular formula is C47H51O6P3. The molecular weight excluding hydrogens is 753 g/mol. The summed E-state index contributed by atoms with van der Waals surface area (Å²) >= 11 is 0. The molecule has 6 aromatic rings. The lowest BCUT2D eigenvalue weighted by atomic mass is 9.50. The molecule has 0 amide bonds. The summed E-state index contributed by atoms with van der Waals surface area (Å²) in [6.07, 6.45) is 0. The fraction of sp³-hybridized carbons (Fsp3) is 0.234. The Bertz CT molecular complexity index is 1790. The zero-order chi connectivity index (χ0) is 40.1. The molecule has 6 nitrogen and oxygen atoms in total. The van der Waals surface area contributed by atoms with E-state index in [2.05, 4.69) is 107 Å². The molecule has 6 aromatic carbocycles. The van der Waals surface area contributed by atoms with Gasteiger partial charge in [0.15, 0.2) is 0 Å². The summed E-state index contributed by atoms with van der Waals surface area (Å²) in [4.78, 5) is 0. The van der Waals surface area contributed by atoms with Crippen LogP contribution in [0.3, 0.4) is 0 Å². The SMILES string of the molecule is COc1ccc(C(P)(c2ccc(OC)cc2)C(C)(C(P)(c2ccc(OC)cc2)c2ccc(OC)cc2)C(P)(c2ccc(OC)cc2)c2ccc(OC)cc2)cc1. The van der Waals surface area contributed by atoms with E-state index in [9.17, 15) is 0 Å². The van der Waals surface area contributed by atoms with Crippen LogP contribution in [-0.4, -0.2) is 42.7 Å². The third-order valence-electron chi connectivity index (χ3n) is 11.6. The maximum atomic E-state index is 5.72. The lowest BCUT2D eigenvalue weighted by Crippen LogP contribution is -2.62. The Hall–Kier alpha value is -4.59. The van der Waals surface area contributed by atoms with Gasteiger partial charge in [0.25, 0.3) is 0 Å². The molecule has 0 fully saturated rings. The molecule has 0 heterocycles. The Morgan fingerprint density at radius 2 is 0.393 bits per heavy atom. The van der Waals surface area contributed by atoms with Gasteiger partial charge in [-0.05, 0) is 106 Å². The molecule has 0 aliphatic carbocycles. The summed E-state index contributed by atoms with van der Waals surface area (Å²) in [6.45, 7) is 2.40. The zero-order valence-electron chi connectivity index (χ0n) is 33.0. The Kier molecular flexibility index (Phi) is 12.4. The second kappa shape index (κ2) is 16.9. The average Bonchev–Trinajstić information content (AvgIpc) is 3.27. The van der Waals surface area contributed by atoms with Crippen LogP contribution >= 0.6 is 27.7 Å². The second-order valence-corrected chi connectivity index (χ2v) is 16.5. The highest BCUT2D eigenvalue weighted by Crippen LogP contribution is 2.75. The first-order chi connectivity index (χ1) is 27.0. The van der Waals surface area contributed by atoms with Crippen LogP contribution in [0.5, 0.6) is 34.5 Å². The smallest absolute Gasteiger partial charge is 0.118 e. The highest BCUT2D eigenvalue weighted by atomic mass is 31.0. The number of rotatable bonds is 15. The summed E-state index contributed by atoms with van der Waals surface area (Å²) in [6, 6.07) is 50.5. The molecule has 0 N–H and O–H groups in total. The average molecular weight is 805 g/mol. The van der Waals surface area contributed by atoms with E-state index in [1.807, 2.05) is 72.8 Å². The van der Waals surface area contributed by atoms with Crippen molar-refractivity contribution < 1.29 is 28.4 Å². The van der Waals surface area contributed by atoms with E-state index in [4.69, 9.17) is 28.4 Å². The third-order valence-corrected chi connectivity index (χ3v) is 15.4. The summed E-state index contributed by atoms with van der Waals surface area (Å²) in [5, 5.41) is -2.64. The Morgan fingerprint density at radius 1 is 0.268 bits per heavy atom. The van der Waals surface area contributed by atoms with Gasteiger partial charge < -0.3 is 28.4 Å². The summed E-state index contributed by atoms with van der Waals surface area (Å²) in [5.74, 6) is 4.60. The van der Waals surface area contributed by atoms with Crippen molar-refractivity contribution in [2.45, 2.75) is 22.4 Å². The normalized spacial score (nSPS) is 12.1. The van der Waals surface area contributed by atoms with E-state index in [0.29, 0.717) is 0 Å². The third kappa shape index (κ3) is 6.81. The molecule has 9 heteroatoms. The van der Waals surface area contributed by atoms with Crippen molar-refractivity contribution in [2.75, 3.05) is 42.7 Å². The van der Waals surface area contributed by atoms with E-state index in [1.54, 1.807) is 42.7 Å². The molecule has 0 aliphatic heterocycles. The van der Waals surface area contributed by atoms with Gasteiger partial charge >= 0.3 is 0 Å². The number of benzene rings is 6. The van der Waals surface area contributed by atoms with Gasteiger partial charge in [-0.2, -0.15) is 0 Å². The predicted octanol–water partition coefficient (Wildman–Crippen LogP) is 10.5. The first kappa shape index (κ1) is 41.1. The molecule has 0 aliphatic rings. The summed E-state index contributed by atoms with van der Waals surface area (Å²) in [5.41, 5.74) is 5.41. The van der Waals surface area contributed by atoms with E-state index in [-0.39, 0.29) is 0 Å². The maximum absolute atomic E-state index is 5.72. The van der Waals surface area contributed by atoms with Gasteiger partial charge in [-0.1, -0.05) is 79.7 Å². The number of hydrogen-bond acceptors (Lipinski definition) is 6. The molecule has 0 spiro atoms. The molecule has 0 bridgehead atoms. The van der Waals surface area contributed by atoms with Crippen LogP contribution in [0.4, 0.5) is 0 Å². The van der Waals surface area contributed by atoms with Crippen LogP contribution in [0, 0.1) is 5.41 Å². The van der Waals surface area contributed by atoms with E-state index in [0.717, 1.165) is 67.9 Å². The molecule has 0 saturated heterocycles. The Labute approximate surface area is 338 Å². The van der Waals surface area contributed by atoms with Crippen LogP contribution in [0.25, 0.3) is 0 Å². The first-order valence-electron chi connectivity index (χ1n) is 18.2. The van der Waals surface area contributed by atoms with Crippen molar-refractivity contribution in [1.82, 2.24) is 0 Å². The van der Waals surface area contributed by atoms with Gasteiger partial charge in [-0.15, -0.1) is 27.7 Å². The molecule has 0 saturated carbocycles. The van der Waals surface area contributed by atoms with Crippen molar-refractivity contribution in [3.63, 3.8) is 0 Å². The van der Waals surface area contributed by atoms with E-state index < -0.39 is 20.9 Å². The van der Waals surface area contributed by atoms with Gasteiger partial charge in [-0.3, -0.25) is 0 Å². The molecule has 3 unspecified atom stereocenters. The molecule has 290 valence electrons. The van der Waals surface area contributed by atoms with Crippen LogP contribution in [-0.2, 0) is 15.5 Å². The van der Waals surface area contributed by atoms with Crippen LogP contribution in [0.15, 0.2) is 146 Å². The fourth-order valence-corrected chi connectivity index (χ4v) is 11.3. The molecule has 0 radical (unpaired) electrons. The standard InChI is InChI=1S/C47H51O6P3/c1-44(45(54,32-8-20-38(48-2)21-9-32)33-10-22-39(49-3)23-11-33,46(55,34-12-24-40(50-4)25-13-34)35-14-26-41(51-5)27-15-35)47(56,36-16-28-42(52-6)29-17-36)37-18-30-43(53-7)31-19-37/h8-31H,54-56H2,1-7H3. The Morgan fingerprint density at radius 3 is 0.500 bits per heavy atom. The lowest BCUT2D eigenvalue weighted by molar-refractivity contribution is 0.141. The topological polar surface area (TPSA) is 55.4 Å². The zero-order valence-corrected chi connectivity index (χ0v) is 36.5. The number of hydrogen-bond donors (Lipinski definition) is 0. The van der Waals surface area contributed by atoms with Crippen molar-refractivity contribution >= 4 is 27.7 Å². The number of methoxy groups -OCH3 is 6. The van der Waals surface area contributed by atoms with Crippen molar-refractivity contribution in [1.29, 1.82) is 0 Å². The van der Waals surface area contributed by atoms with Gasteiger partial charge in [-0.25, -0.2) is 0 Å². The highest BCUT2D eigenvalue weighted by molar-refractivity contribution is 7.22. The monoisotopic (exact) mass is 804 g/mol. The van der Waals surface area contributed by atoms with E-state index >= 15 is 0 Å². The van der Waals surface area contributed by atoms with Crippen LogP contribution in [0.2, 0.25) is 0 Å². The van der Waals surface area contributed by atoms with E-state index in [1.165, 1.54) is 0 Å². The van der Waals surface area contributed by atoms with Crippen LogP contribution < -0.4 is 28.4 Å². The first-order valence-corrected chi connectivity index (χ1v) is 20.0. The van der Waals surface area contributed by atoms with Crippen LogP contribution in [0.1, 0.15) is 40.3 Å². The summed E-state index contributed by atoms with van der Waals surface area (Å²) in [7, 11) is 20.4. The van der Waals surface area contributed by atoms with Crippen molar-refractivity contribution in [2.24, 2.45) is 5.41 Å². The largest absolute Gasteiger partial charge is 0.497 e. The molecule has 0 aromatic heterocycles. The minimum absolute atomic E-state index is 0.766. The predicted molar refractivity (Wildman–Crippen MR) is 238 cm³/mol. The maximum Gasteiger partial charge on any atom is 0.118 e. The van der Waals surface area contributed by atoms with Crippen molar-refractivity contribution in [3.05, 3.63) is 179 Å². The van der Waals surface area contributed by atoms with Gasteiger partial charge in [0.2, 0.25) is 0 Å². The highest BCUT2D eigenvalue weighted by Gasteiger charge is 2.68. The summed E-state index contributed by atoms with van der Waals surface area (Å²) < 4.78 is 34.3. The molecule has 3 atom stereocenters. The number of ether oxygens (including phenoxy) is 6. The molecule has 6 rings (SSSR count). The quantitative estimate of drug-likeness (QED) is 0.0964. The Balaban J connectivity index is 1.89. The minimum atomic E-state index is -0.914. The van der Waals surface area contributed by atoms with Gasteiger partial charge in [0, 0.05) is 20.9 Å². The lowest BCUT2D eigenvalue weighted by Gasteiger charge is -2.65. The second-order valence-electron chi connectivity index (χ2n) is 13.9. The van der Waals surface area contributed by atoms with Crippen molar-refractivity contribution in [3.8, 4) is 34.5 Å². The molecule has 56 heavy (non-hydrogen) atoms. The van der Waals surface area contributed by atoms with Gasteiger partial charge in [0.1, 0.15) is 34.5 Å². The van der Waals surface area contributed by atoms with Gasteiger partial charge in [0.05, 0.1) is 42.7 Å².